The lowest BCUT2D eigenvalue weighted by atomic mass is 9.94. The molecule has 4 aromatic rings. The summed E-state index contributed by atoms with van der Waals surface area (Å²) in [5, 5.41) is 11.5. The fourth-order valence-corrected chi connectivity index (χ4v) is 5.29. The summed E-state index contributed by atoms with van der Waals surface area (Å²) < 4.78 is 30.5. The van der Waals surface area contributed by atoms with E-state index in [1.165, 1.54) is 44.4 Å². The van der Waals surface area contributed by atoms with Crippen LogP contribution in [0, 0.1) is 5.82 Å². The summed E-state index contributed by atoms with van der Waals surface area (Å²) in [5.74, 6) is -1.22. The molecule has 10 heteroatoms. The van der Waals surface area contributed by atoms with Crippen LogP contribution in [-0.2, 0) is 9.59 Å². The molecule has 3 aromatic carbocycles. The molecule has 37 heavy (non-hydrogen) atoms. The van der Waals surface area contributed by atoms with Gasteiger partial charge in [-0.05, 0) is 60.7 Å². The van der Waals surface area contributed by atoms with Crippen molar-refractivity contribution < 1.29 is 33.3 Å². The number of methoxy groups -OCH3 is 3. The standard InChI is InChI=1S/C27H21FN2O6S/c1-34-16-7-4-14(5-8-16)24(31)22-23(18-13-17(35-2)9-11-20(18)36-3)30(26(33)25(22)32)27-29-19-10-6-15(28)12-21(19)37-27/h4-13,23,31H,1-3H3. The number of carbonyl (C=O) groups excluding carboxylic acids is 2. The van der Waals surface area contributed by atoms with Crippen molar-refractivity contribution in [2.75, 3.05) is 26.2 Å². The Balaban J connectivity index is 1.77. The van der Waals surface area contributed by atoms with E-state index in [1.807, 2.05) is 0 Å². The number of halogens is 1. The van der Waals surface area contributed by atoms with E-state index < -0.39 is 23.5 Å². The number of hydrogen-bond acceptors (Lipinski definition) is 8. The number of anilines is 1. The molecule has 1 atom stereocenters. The van der Waals surface area contributed by atoms with Crippen LogP contribution in [0.15, 0.2) is 66.2 Å². The molecule has 1 N–H and O–H groups in total. The number of aromatic nitrogens is 1. The quantitative estimate of drug-likeness (QED) is 0.215. The summed E-state index contributed by atoms with van der Waals surface area (Å²) in [6.45, 7) is 0. The number of nitrogens with zero attached hydrogens (tertiary/aromatic N) is 2. The highest BCUT2D eigenvalue weighted by Crippen LogP contribution is 2.47. The number of ether oxygens (including phenoxy) is 3. The van der Waals surface area contributed by atoms with Crippen LogP contribution in [0.5, 0.6) is 17.2 Å². The van der Waals surface area contributed by atoms with E-state index in [0.29, 0.717) is 38.6 Å². The molecule has 1 aliphatic heterocycles. The molecule has 2 heterocycles. The molecular formula is C27H21FN2O6S. The second-order valence-corrected chi connectivity index (χ2v) is 9.12. The Kier molecular flexibility index (Phi) is 6.26. The van der Waals surface area contributed by atoms with Gasteiger partial charge in [0.15, 0.2) is 5.13 Å². The number of benzene rings is 3. The molecule has 1 saturated heterocycles. The number of fused-ring (bicyclic) bond motifs is 1. The molecule has 0 bridgehead atoms. The average Bonchev–Trinajstić information content (AvgIpc) is 3.45. The zero-order chi connectivity index (χ0) is 26.3. The fourth-order valence-electron chi connectivity index (χ4n) is 4.27. The lowest BCUT2D eigenvalue weighted by molar-refractivity contribution is -0.132. The van der Waals surface area contributed by atoms with Gasteiger partial charge in [-0.15, -0.1) is 0 Å². The fraction of sp³-hybridized carbons (Fsp3) is 0.148. The second-order valence-electron chi connectivity index (χ2n) is 8.11. The van der Waals surface area contributed by atoms with Crippen molar-refractivity contribution in [3.8, 4) is 17.2 Å². The van der Waals surface area contributed by atoms with Crippen LogP contribution in [0.25, 0.3) is 16.0 Å². The largest absolute Gasteiger partial charge is 0.507 e. The molecule has 0 radical (unpaired) electrons. The third-order valence-electron chi connectivity index (χ3n) is 6.08. The summed E-state index contributed by atoms with van der Waals surface area (Å²) in [7, 11) is 4.46. The Labute approximate surface area is 215 Å². The average molecular weight is 521 g/mol. The van der Waals surface area contributed by atoms with Crippen LogP contribution in [0.1, 0.15) is 17.2 Å². The highest BCUT2D eigenvalue weighted by Gasteiger charge is 2.49. The third-order valence-corrected chi connectivity index (χ3v) is 7.10. The maximum absolute atomic E-state index is 13.9. The predicted molar refractivity (Wildman–Crippen MR) is 137 cm³/mol. The summed E-state index contributed by atoms with van der Waals surface area (Å²) in [6, 6.07) is 14.4. The van der Waals surface area contributed by atoms with Crippen LogP contribution < -0.4 is 19.1 Å². The maximum Gasteiger partial charge on any atom is 0.301 e. The summed E-state index contributed by atoms with van der Waals surface area (Å²) >= 11 is 1.06. The molecule has 1 amide bonds. The molecular weight excluding hydrogens is 499 g/mol. The van der Waals surface area contributed by atoms with Crippen molar-refractivity contribution in [1.82, 2.24) is 4.98 Å². The first-order chi connectivity index (χ1) is 17.9. The highest BCUT2D eigenvalue weighted by molar-refractivity contribution is 7.22. The molecule has 1 unspecified atom stereocenters. The normalized spacial score (nSPS) is 16.9. The van der Waals surface area contributed by atoms with Crippen LogP contribution in [0.2, 0.25) is 0 Å². The summed E-state index contributed by atoms with van der Waals surface area (Å²) in [4.78, 5) is 32.6. The predicted octanol–water partition coefficient (Wildman–Crippen LogP) is 5.09. The molecule has 0 aliphatic carbocycles. The highest BCUT2D eigenvalue weighted by atomic mass is 32.1. The number of rotatable bonds is 6. The van der Waals surface area contributed by atoms with Gasteiger partial charge in [-0.2, -0.15) is 0 Å². The summed E-state index contributed by atoms with van der Waals surface area (Å²) in [5.41, 5.74) is 1.04. The van der Waals surface area contributed by atoms with Gasteiger partial charge in [-0.1, -0.05) is 11.3 Å². The number of amides is 1. The van der Waals surface area contributed by atoms with Crippen molar-refractivity contribution in [2.24, 2.45) is 0 Å². The molecule has 1 aliphatic rings. The van der Waals surface area contributed by atoms with E-state index in [2.05, 4.69) is 4.98 Å². The number of hydrogen-bond donors (Lipinski definition) is 1. The SMILES string of the molecule is COc1ccc(C(O)=C2C(=O)C(=O)N(c3nc4ccc(F)cc4s3)C2c2cc(OC)ccc2OC)cc1. The van der Waals surface area contributed by atoms with Gasteiger partial charge in [0.05, 0.1) is 37.1 Å². The zero-order valence-electron chi connectivity index (χ0n) is 20.0. The molecule has 1 aromatic heterocycles. The minimum absolute atomic E-state index is 0.146. The van der Waals surface area contributed by atoms with Crippen LogP contribution >= 0.6 is 11.3 Å². The first-order valence-corrected chi connectivity index (χ1v) is 11.9. The monoisotopic (exact) mass is 520 g/mol. The first-order valence-electron chi connectivity index (χ1n) is 11.1. The van der Waals surface area contributed by atoms with Crippen molar-refractivity contribution in [3.05, 3.63) is 83.2 Å². The minimum Gasteiger partial charge on any atom is -0.507 e. The Morgan fingerprint density at radius 2 is 1.65 bits per heavy atom. The van der Waals surface area contributed by atoms with E-state index in [4.69, 9.17) is 14.2 Å². The Bertz CT molecular complexity index is 1560. The maximum atomic E-state index is 13.9. The van der Waals surface area contributed by atoms with Gasteiger partial charge < -0.3 is 19.3 Å². The molecule has 5 rings (SSSR count). The van der Waals surface area contributed by atoms with Crippen LogP contribution in [-0.4, -0.2) is 43.1 Å². The van der Waals surface area contributed by atoms with Gasteiger partial charge in [0.1, 0.15) is 34.9 Å². The number of aliphatic hydroxyl groups excluding tert-OH is 1. The van der Waals surface area contributed by atoms with E-state index in [1.54, 1.807) is 42.5 Å². The molecule has 0 spiro atoms. The number of ketones is 1. The van der Waals surface area contributed by atoms with Crippen LogP contribution in [0.3, 0.4) is 0 Å². The number of Topliss-reactive ketones (excluding diaryl/α,β-unsaturated/α-hetero) is 1. The number of thiazole rings is 1. The third kappa shape index (κ3) is 4.15. The molecule has 8 nitrogen and oxygen atoms in total. The summed E-state index contributed by atoms with van der Waals surface area (Å²) in [6.07, 6.45) is 0. The topological polar surface area (TPSA) is 98.2 Å². The second kappa shape index (κ2) is 9.55. The Hall–Kier alpha value is -4.44. The molecule has 1 fully saturated rings. The van der Waals surface area contributed by atoms with Crippen molar-refractivity contribution in [2.45, 2.75) is 6.04 Å². The van der Waals surface area contributed by atoms with Crippen LogP contribution in [0.4, 0.5) is 9.52 Å². The van der Waals surface area contributed by atoms with Gasteiger partial charge in [-0.3, -0.25) is 14.5 Å². The van der Waals surface area contributed by atoms with Gasteiger partial charge >= 0.3 is 5.91 Å². The smallest absolute Gasteiger partial charge is 0.301 e. The molecule has 0 saturated carbocycles. The lowest BCUT2D eigenvalue weighted by Crippen LogP contribution is -2.29. The van der Waals surface area contributed by atoms with Crippen molar-refractivity contribution in [1.29, 1.82) is 0 Å². The van der Waals surface area contributed by atoms with E-state index in [-0.39, 0.29) is 16.5 Å². The Morgan fingerprint density at radius 1 is 0.946 bits per heavy atom. The first kappa shape index (κ1) is 24.3. The van der Waals surface area contributed by atoms with Gasteiger partial charge in [-0.25, -0.2) is 9.37 Å². The van der Waals surface area contributed by atoms with Gasteiger partial charge in [0, 0.05) is 11.1 Å². The van der Waals surface area contributed by atoms with Crippen molar-refractivity contribution >= 4 is 44.1 Å². The molecule has 188 valence electrons. The van der Waals surface area contributed by atoms with E-state index in [9.17, 15) is 19.1 Å². The van der Waals surface area contributed by atoms with Crippen molar-refractivity contribution in [3.63, 3.8) is 0 Å². The number of aliphatic hydroxyl groups is 1. The Morgan fingerprint density at radius 3 is 2.32 bits per heavy atom. The zero-order valence-corrected chi connectivity index (χ0v) is 20.8. The van der Waals surface area contributed by atoms with Gasteiger partial charge in [0.2, 0.25) is 0 Å². The van der Waals surface area contributed by atoms with E-state index >= 15 is 0 Å². The lowest BCUT2D eigenvalue weighted by Gasteiger charge is -2.25. The van der Waals surface area contributed by atoms with E-state index in [0.717, 1.165) is 11.3 Å². The minimum atomic E-state index is -1.10. The van der Waals surface area contributed by atoms with Gasteiger partial charge in [0.25, 0.3) is 5.78 Å². The number of carbonyl (C=O) groups is 2.